The second-order valence-electron chi connectivity index (χ2n) is 14.6. The number of terminal acetylenes is 1. The van der Waals surface area contributed by atoms with Crippen LogP contribution in [0.25, 0.3) is 0 Å². The first kappa shape index (κ1) is 52.3. The molecule has 0 aliphatic carbocycles. The summed E-state index contributed by atoms with van der Waals surface area (Å²) in [5.74, 6) is -1.12. The van der Waals surface area contributed by atoms with Gasteiger partial charge in [0, 0.05) is 48.5 Å². The van der Waals surface area contributed by atoms with Crippen LogP contribution in [0.5, 0.6) is 5.75 Å². The Labute approximate surface area is 372 Å². The van der Waals surface area contributed by atoms with Crippen molar-refractivity contribution in [1.82, 2.24) is 24.7 Å². The standard InChI is InChI=1S/C18H17FN4O2S.C15H12F2N4O3.C3H8NO5P.C3H9S/c1-4-5-22-13-7-12(11(19)6-14(13)25-9-16(22)24)20-17-23-10-18(2,3)8-15(23)21-26-17;1-8(13-12(14(22)23)3-2-4-18-13)20-21-15(24)19-11-6-9(16)5-10(17)7-11;5-3(6)1-4-2-10(7,8)9;1-4(2)3/h1,6-7H,5,8-10H2,2-3H3;2-7H,1H3,(H,22,23)(H2,19,21,24);4H,1-2H2,(H,5,6)(H2,7,8,9);1-3H3/q;;;+1/p-1/b20-17-;20-8+;;. The fraction of sp³-hybridized carbons (Fsp3) is 0.333. The summed E-state index contributed by atoms with van der Waals surface area (Å²) >= 11 is 1.24. The van der Waals surface area contributed by atoms with E-state index in [-0.39, 0.29) is 52.8 Å². The van der Waals surface area contributed by atoms with Crippen molar-refractivity contribution in [3.8, 4) is 18.1 Å². The van der Waals surface area contributed by atoms with Gasteiger partial charge in [0.05, 0.1) is 55.1 Å². The maximum atomic E-state index is 14.5. The van der Waals surface area contributed by atoms with Crippen molar-refractivity contribution in [2.75, 3.05) is 55.0 Å². The minimum Gasteiger partial charge on any atom is -0.778 e. The van der Waals surface area contributed by atoms with Crippen molar-refractivity contribution in [2.45, 2.75) is 33.7 Å². The molecule has 0 saturated carbocycles. The number of amides is 3. The molecule has 0 fully saturated rings. The fourth-order valence-electron chi connectivity index (χ4n) is 5.39. The molecule has 1 atom stereocenters. The Morgan fingerprint density at radius 1 is 1.12 bits per heavy atom. The number of carbonyl (C=O) groups is 4. The second kappa shape index (κ2) is 23.6. The molecule has 2 aromatic carbocycles. The zero-order chi connectivity index (χ0) is 47.9. The lowest BCUT2D eigenvalue weighted by Crippen LogP contribution is -2.39. The molecule has 0 spiro atoms. The van der Waals surface area contributed by atoms with E-state index in [1.807, 2.05) is 9.88 Å². The third kappa shape index (κ3) is 16.9. The molecule has 344 valence electrons. The highest BCUT2D eigenvalue weighted by atomic mass is 32.2. The average Bonchev–Trinajstić information content (AvgIpc) is 3.69. The number of hydrogen-bond acceptors (Lipinski definition) is 13. The predicted octanol–water partition coefficient (Wildman–Crippen LogP) is 3.52. The molecule has 4 heterocycles. The van der Waals surface area contributed by atoms with Crippen molar-refractivity contribution in [3.63, 3.8) is 0 Å². The number of ether oxygens (including phenoxy) is 1. The molecule has 2 aliphatic heterocycles. The highest BCUT2D eigenvalue weighted by Gasteiger charge is 2.31. The van der Waals surface area contributed by atoms with Crippen molar-refractivity contribution in [1.29, 1.82) is 0 Å². The number of aromatic nitrogens is 3. The number of nitrogens with zero attached hydrogens (tertiary/aromatic N) is 6. The van der Waals surface area contributed by atoms with E-state index >= 15 is 0 Å². The van der Waals surface area contributed by atoms with Crippen LogP contribution in [-0.4, -0.2) is 103 Å². The largest absolute Gasteiger partial charge is 0.778 e. The number of rotatable bonds is 10. The van der Waals surface area contributed by atoms with Crippen molar-refractivity contribution >= 4 is 76.7 Å². The SMILES string of the molecule is C#CCN1C(=O)COc2cc(F)c(/N=c3\snc4n3CC(C)(C)C4)cc21.C/C(=N\NC(=O)Nc1cc(F)cc(F)c1)c1ncccc1C(=O)O.C[S+](C)C.O=C(O)CNCP(=O)([O-])O. The first-order chi connectivity index (χ1) is 29.9. The van der Waals surface area contributed by atoms with E-state index in [9.17, 15) is 41.8 Å². The molecule has 6 N–H and O–H groups in total. The molecular weight excluding hydrogens is 907 g/mol. The van der Waals surface area contributed by atoms with Crippen LogP contribution < -0.4 is 35.4 Å². The van der Waals surface area contributed by atoms with Crippen LogP contribution in [0.4, 0.5) is 35.0 Å². The predicted molar refractivity (Wildman–Crippen MR) is 233 cm³/mol. The van der Waals surface area contributed by atoms with E-state index in [4.69, 9.17) is 26.3 Å². The summed E-state index contributed by atoms with van der Waals surface area (Å²) in [7, 11) is -3.71. The van der Waals surface area contributed by atoms with Gasteiger partial charge >= 0.3 is 18.0 Å². The third-order valence-corrected chi connectivity index (χ3v) is 9.25. The molecule has 2 aliphatic rings. The Kier molecular flexibility index (Phi) is 19.2. The zero-order valence-electron chi connectivity index (χ0n) is 35.2. The zero-order valence-corrected chi connectivity index (χ0v) is 37.7. The Morgan fingerprint density at radius 2 is 1.78 bits per heavy atom. The number of carbonyl (C=O) groups excluding carboxylic acids is 2. The van der Waals surface area contributed by atoms with Gasteiger partial charge in [0.1, 0.15) is 42.2 Å². The van der Waals surface area contributed by atoms with Crippen LogP contribution >= 0.6 is 19.1 Å². The van der Waals surface area contributed by atoms with Crippen LogP contribution in [0.15, 0.2) is 58.8 Å². The van der Waals surface area contributed by atoms with Crippen molar-refractivity contribution < 1.29 is 61.7 Å². The molecule has 3 amide bonds. The molecule has 2 aromatic heterocycles. The number of halogens is 3. The second-order valence-corrected chi connectivity index (χ2v) is 19.4. The van der Waals surface area contributed by atoms with E-state index in [1.54, 1.807) is 0 Å². The number of nitrogens with one attached hydrogen (secondary N) is 3. The maximum absolute atomic E-state index is 14.5. The van der Waals surface area contributed by atoms with E-state index in [0.717, 1.165) is 30.9 Å². The Morgan fingerprint density at radius 3 is 2.38 bits per heavy atom. The summed E-state index contributed by atoms with van der Waals surface area (Å²) in [6.45, 7) is 6.03. The Hall–Kier alpha value is -6.09. The van der Waals surface area contributed by atoms with Gasteiger partial charge in [-0.25, -0.2) is 33.2 Å². The minimum absolute atomic E-state index is 0.0758. The first-order valence-electron chi connectivity index (χ1n) is 18.4. The Balaban J connectivity index is 0.000000265. The number of hydrogen-bond donors (Lipinski definition) is 6. The molecule has 1 unspecified atom stereocenters. The molecule has 19 nitrogen and oxygen atoms in total. The quantitative estimate of drug-likeness (QED) is 0.0437. The van der Waals surface area contributed by atoms with Gasteiger partial charge in [-0.05, 0) is 53.6 Å². The van der Waals surface area contributed by atoms with E-state index in [2.05, 4.69) is 68.7 Å². The summed E-state index contributed by atoms with van der Waals surface area (Å²) in [6, 6.07) is 7.23. The lowest BCUT2D eigenvalue weighted by atomic mass is 9.92. The van der Waals surface area contributed by atoms with Crippen LogP contribution in [-0.2, 0) is 38.0 Å². The molecule has 25 heteroatoms. The number of pyridine rings is 1. The van der Waals surface area contributed by atoms with Gasteiger partial charge in [0.15, 0.2) is 12.4 Å². The number of aromatic carboxylic acids is 1. The lowest BCUT2D eigenvalue weighted by molar-refractivity contribution is -0.193. The van der Waals surface area contributed by atoms with Gasteiger partial charge in [-0.2, -0.15) is 9.47 Å². The van der Waals surface area contributed by atoms with E-state index < -0.39 is 55.8 Å². The van der Waals surface area contributed by atoms with Gasteiger partial charge in [-0.15, -0.1) is 6.42 Å². The maximum Gasteiger partial charge on any atom is 0.339 e. The van der Waals surface area contributed by atoms with Gasteiger partial charge in [-0.3, -0.25) is 24.8 Å². The lowest BCUT2D eigenvalue weighted by Gasteiger charge is -2.28. The number of hydrazone groups is 1. The van der Waals surface area contributed by atoms with Crippen LogP contribution in [0.1, 0.15) is 42.6 Å². The van der Waals surface area contributed by atoms with Crippen LogP contribution in [0, 0.1) is 35.2 Å². The number of urea groups is 1. The summed E-state index contributed by atoms with van der Waals surface area (Å²) in [6.07, 6.45) is 13.5. The monoisotopic (exact) mass is 951 g/mol. The topological polar surface area (TPSA) is 273 Å². The highest BCUT2D eigenvalue weighted by Crippen LogP contribution is 2.37. The number of aliphatic carboxylic acids is 1. The number of anilines is 2. The summed E-state index contributed by atoms with van der Waals surface area (Å²) < 4.78 is 62.3. The Bertz CT molecular complexity index is 2520. The summed E-state index contributed by atoms with van der Waals surface area (Å²) in [5, 5.41) is 25.0. The molecule has 0 radical (unpaired) electrons. The first-order valence-corrected chi connectivity index (χ1v) is 23.4. The molecular formula is C39H45F3N9O10PS2. The number of carboxylic acid groups (broad SMARTS) is 2. The van der Waals surface area contributed by atoms with Gasteiger partial charge in [0.25, 0.3) is 5.91 Å². The minimum atomic E-state index is -4.35. The smallest absolute Gasteiger partial charge is 0.339 e. The van der Waals surface area contributed by atoms with Crippen molar-refractivity contribution in [2.24, 2.45) is 15.5 Å². The van der Waals surface area contributed by atoms with E-state index in [1.165, 1.54) is 53.8 Å². The average molecular weight is 952 g/mol. The van der Waals surface area contributed by atoms with Gasteiger partial charge in [0.2, 0.25) is 4.80 Å². The molecule has 0 bridgehead atoms. The van der Waals surface area contributed by atoms with Crippen LogP contribution in [0.2, 0.25) is 0 Å². The highest BCUT2D eigenvalue weighted by molar-refractivity contribution is 7.94. The summed E-state index contributed by atoms with van der Waals surface area (Å²) in [4.78, 5) is 73.0. The molecule has 0 saturated heterocycles. The number of carboxylic acids is 2. The molecule has 6 rings (SSSR count). The third-order valence-electron chi connectivity index (χ3n) is 7.85. The fourth-order valence-corrected chi connectivity index (χ4v) is 6.54. The van der Waals surface area contributed by atoms with Crippen molar-refractivity contribution in [3.05, 3.63) is 88.0 Å². The van der Waals surface area contributed by atoms with Gasteiger partial charge < -0.3 is 39.2 Å². The molecule has 64 heavy (non-hydrogen) atoms. The van der Waals surface area contributed by atoms with Gasteiger partial charge in [-0.1, -0.05) is 19.8 Å². The number of benzene rings is 2. The molecule has 4 aromatic rings. The van der Waals surface area contributed by atoms with E-state index in [0.29, 0.717) is 33.2 Å². The summed E-state index contributed by atoms with van der Waals surface area (Å²) in [5.41, 5.74) is 2.83. The normalized spacial score (nSPS) is 14.7. The van der Waals surface area contributed by atoms with Crippen LogP contribution in [0.3, 0.4) is 0 Å². The number of fused-ring (bicyclic) bond motifs is 2.